The molecule has 2 unspecified atom stereocenters. The summed E-state index contributed by atoms with van der Waals surface area (Å²) in [5.41, 5.74) is 0.633. The van der Waals surface area contributed by atoms with Gasteiger partial charge in [0.25, 0.3) is 0 Å². The molecule has 1 aliphatic carbocycles. The highest BCUT2D eigenvalue weighted by atomic mass is 15.1. The smallest absolute Gasteiger partial charge is 0.0195 e. The van der Waals surface area contributed by atoms with E-state index in [1.165, 1.54) is 38.9 Å². The molecule has 1 saturated carbocycles. The van der Waals surface area contributed by atoms with Gasteiger partial charge < -0.3 is 10.2 Å². The van der Waals surface area contributed by atoms with Crippen molar-refractivity contribution in [1.82, 2.24) is 10.2 Å². The number of nitrogens with one attached hydrogen (secondary N) is 1. The van der Waals surface area contributed by atoms with Gasteiger partial charge in [-0.15, -0.1) is 0 Å². The summed E-state index contributed by atoms with van der Waals surface area (Å²) in [6.45, 7) is 8.53. The van der Waals surface area contributed by atoms with Crippen molar-refractivity contribution in [3.63, 3.8) is 0 Å². The Hall–Kier alpha value is -0.0800. The molecule has 1 N–H and O–H groups in total. The largest absolute Gasteiger partial charge is 0.312 e. The first-order valence-electron chi connectivity index (χ1n) is 6.00. The summed E-state index contributed by atoms with van der Waals surface area (Å²) in [5, 5.41) is 3.73. The second-order valence-corrected chi connectivity index (χ2v) is 5.90. The van der Waals surface area contributed by atoms with Crippen LogP contribution in [0, 0.1) is 11.3 Å². The summed E-state index contributed by atoms with van der Waals surface area (Å²) < 4.78 is 0. The van der Waals surface area contributed by atoms with Gasteiger partial charge in [0.1, 0.15) is 0 Å². The van der Waals surface area contributed by atoms with Crippen LogP contribution in [0.5, 0.6) is 0 Å². The van der Waals surface area contributed by atoms with Crippen molar-refractivity contribution < 1.29 is 0 Å². The van der Waals surface area contributed by atoms with Crippen LogP contribution in [0.25, 0.3) is 0 Å². The fraction of sp³-hybridized carbons (Fsp3) is 1.00. The zero-order valence-electron chi connectivity index (χ0n) is 9.84. The fourth-order valence-electron chi connectivity index (χ4n) is 2.57. The van der Waals surface area contributed by atoms with E-state index in [1.54, 1.807) is 0 Å². The lowest BCUT2D eigenvalue weighted by Crippen LogP contribution is -2.44. The molecule has 1 saturated heterocycles. The van der Waals surface area contributed by atoms with Crippen LogP contribution in [0.3, 0.4) is 0 Å². The van der Waals surface area contributed by atoms with Gasteiger partial charge in [0.05, 0.1) is 0 Å². The molecule has 1 heterocycles. The van der Waals surface area contributed by atoms with E-state index >= 15 is 0 Å². The zero-order valence-corrected chi connectivity index (χ0v) is 9.84. The Labute approximate surface area is 88.1 Å². The predicted octanol–water partition coefficient (Wildman–Crippen LogP) is 1.72. The molecule has 0 aromatic carbocycles. The first-order chi connectivity index (χ1) is 6.58. The number of likely N-dealkylation sites (N-methyl/N-ethyl adjacent to an activating group) is 1. The van der Waals surface area contributed by atoms with Crippen molar-refractivity contribution in [3.05, 3.63) is 0 Å². The molecule has 2 rings (SSSR count). The summed E-state index contributed by atoms with van der Waals surface area (Å²) in [6.07, 6.45) is 4.16. The Morgan fingerprint density at radius 2 is 2.14 bits per heavy atom. The van der Waals surface area contributed by atoms with Crippen molar-refractivity contribution >= 4 is 0 Å². The van der Waals surface area contributed by atoms with E-state index < -0.39 is 0 Å². The second-order valence-electron chi connectivity index (χ2n) is 5.90. The number of rotatable bonds is 3. The van der Waals surface area contributed by atoms with Crippen LogP contribution in [0.1, 0.15) is 33.1 Å². The molecule has 82 valence electrons. The Balaban J connectivity index is 1.66. The molecule has 2 nitrogen and oxygen atoms in total. The monoisotopic (exact) mass is 196 g/mol. The Morgan fingerprint density at radius 1 is 1.43 bits per heavy atom. The molecule has 2 atom stereocenters. The Kier molecular flexibility index (Phi) is 2.85. The van der Waals surface area contributed by atoms with Crippen LogP contribution in [-0.4, -0.2) is 37.6 Å². The predicted molar refractivity (Wildman–Crippen MR) is 60.4 cm³/mol. The molecular weight excluding hydrogens is 172 g/mol. The quantitative estimate of drug-likeness (QED) is 0.739. The number of hydrogen-bond donors (Lipinski definition) is 1. The third kappa shape index (κ3) is 2.48. The zero-order chi connectivity index (χ0) is 10.2. The van der Waals surface area contributed by atoms with Crippen molar-refractivity contribution in [2.75, 3.05) is 26.7 Å². The highest BCUT2D eigenvalue weighted by Gasteiger charge is 2.45. The summed E-state index contributed by atoms with van der Waals surface area (Å²) >= 11 is 0. The summed E-state index contributed by atoms with van der Waals surface area (Å²) in [7, 11) is 2.23. The van der Waals surface area contributed by atoms with E-state index in [2.05, 4.69) is 31.1 Å². The summed E-state index contributed by atoms with van der Waals surface area (Å²) in [4.78, 5) is 2.44. The molecule has 0 aromatic heterocycles. The van der Waals surface area contributed by atoms with Crippen molar-refractivity contribution in [3.8, 4) is 0 Å². The van der Waals surface area contributed by atoms with Crippen LogP contribution in [-0.2, 0) is 0 Å². The first-order valence-corrected chi connectivity index (χ1v) is 6.00. The van der Waals surface area contributed by atoms with E-state index in [0.717, 1.165) is 12.0 Å². The van der Waals surface area contributed by atoms with Gasteiger partial charge in [-0.2, -0.15) is 0 Å². The Morgan fingerprint density at radius 3 is 2.71 bits per heavy atom. The third-order valence-electron chi connectivity index (χ3n) is 3.99. The van der Waals surface area contributed by atoms with Crippen LogP contribution in [0.15, 0.2) is 0 Å². The highest BCUT2D eigenvalue weighted by Crippen LogP contribution is 2.51. The number of piperidine rings is 1. The molecule has 2 heteroatoms. The molecule has 0 spiro atoms. The van der Waals surface area contributed by atoms with E-state index in [0.29, 0.717) is 5.41 Å². The molecule has 0 aromatic rings. The molecule has 14 heavy (non-hydrogen) atoms. The maximum Gasteiger partial charge on any atom is 0.0195 e. The minimum Gasteiger partial charge on any atom is -0.312 e. The third-order valence-corrected chi connectivity index (χ3v) is 3.99. The van der Waals surface area contributed by atoms with Crippen molar-refractivity contribution in [2.24, 2.45) is 11.3 Å². The van der Waals surface area contributed by atoms with Gasteiger partial charge in [-0.05, 0) is 50.7 Å². The van der Waals surface area contributed by atoms with Gasteiger partial charge in [-0.1, -0.05) is 13.8 Å². The lowest BCUT2D eigenvalue weighted by molar-refractivity contribution is 0.225. The van der Waals surface area contributed by atoms with Crippen molar-refractivity contribution in [2.45, 2.75) is 39.2 Å². The van der Waals surface area contributed by atoms with Crippen molar-refractivity contribution in [1.29, 1.82) is 0 Å². The minimum atomic E-state index is 0.633. The molecule has 2 fully saturated rings. The van der Waals surface area contributed by atoms with E-state index in [9.17, 15) is 0 Å². The number of hydrogen-bond acceptors (Lipinski definition) is 2. The lowest BCUT2D eigenvalue weighted by Gasteiger charge is -2.30. The average molecular weight is 196 g/mol. The van der Waals surface area contributed by atoms with Gasteiger partial charge in [-0.3, -0.25) is 0 Å². The van der Waals surface area contributed by atoms with Crippen LogP contribution in [0.2, 0.25) is 0 Å². The van der Waals surface area contributed by atoms with Gasteiger partial charge >= 0.3 is 0 Å². The summed E-state index contributed by atoms with van der Waals surface area (Å²) in [5.74, 6) is 0.940. The number of likely N-dealkylation sites (tertiary alicyclic amines) is 1. The van der Waals surface area contributed by atoms with Gasteiger partial charge in [-0.25, -0.2) is 0 Å². The SMILES string of the molecule is CN1CCCC(NCC2CC2(C)C)C1. The first kappa shape index (κ1) is 10.4. The number of nitrogens with zero attached hydrogens (tertiary/aromatic N) is 1. The average Bonchev–Trinajstić information content (AvgIpc) is 2.71. The van der Waals surface area contributed by atoms with Gasteiger partial charge in [0.15, 0.2) is 0 Å². The summed E-state index contributed by atoms with van der Waals surface area (Å²) in [6, 6.07) is 0.755. The maximum atomic E-state index is 3.73. The molecule has 0 bridgehead atoms. The van der Waals surface area contributed by atoms with E-state index in [4.69, 9.17) is 0 Å². The molecule has 0 amide bonds. The van der Waals surface area contributed by atoms with Crippen LogP contribution < -0.4 is 5.32 Å². The van der Waals surface area contributed by atoms with E-state index in [1.807, 2.05) is 0 Å². The second kappa shape index (κ2) is 3.82. The van der Waals surface area contributed by atoms with Crippen LogP contribution in [0.4, 0.5) is 0 Å². The molecule has 1 aliphatic heterocycles. The van der Waals surface area contributed by atoms with Crippen LogP contribution >= 0.6 is 0 Å². The highest BCUT2D eigenvalue weighted by molar-refractivity contribution is 4.96. The standard InChI is InChI=1S/C12H24N2/c1-12(2)7-10(12)8-13-11-5-4-6-14(3)9-11/h10-11,13H,4-9H2,1-3H3. The molecule has 2 aliphatic rings. The topological polar surface area (TPSA) is 15.3 Å². The fourth-order valence-corrected chi connectivity index (χ4v) is 2.57. The van der Waals surface area contributed by atoms with Gasteiger partial charge in [0.2, 0.25) is 0 Å². The minimum absolute atomic E-state index is 0.633. The van der Waals surface area contributed by atoms with E-state index in [-0.39, 0.29) is 0 Å². The lowest BCUT2D eigenvalue weighted by atomic mass is 10.1. The Bertz CT molecular complexity index is 200. The maximum absolute atomic E-state index is 3.73. The normalized spacial score (nSPS) is 37.1. The molecule has 0 radical (unpaired) electrons. The molecular formula is C12H24N2. The van der Waals surface area contributed by atoms with Gasteiger partial charge in [0, 0.05) is 12.6 Å².